The summed E-state index contributed by atoms with van der Waals surface area (Å²) in [6.07, 6.45) is 0.372. The zero-order valence-corrected chi connectivity index (χ0v) is 10.9. The van der Waals surface area contributed by atoms with Crippen LogP contribution in [0.4, 0.5) is 0 Å². The summed E-state index contributed by atoms with van der Waals surface area (Å²) in [5.41, 5.74) is 2.22. The Labute approximate surface area is 108 Å². The highest BCUT2D eigenvalue weighted by atomic mass is 16.5. The van der Waals surface area contributed by atoms with Crippen LogP contribution in [0.3, 0.4) is 0 Å². The Hall–Kier alpha value is -1.55. The maximum absolute atomic E-state index is 9.15. The van der Waals surface area contributed by atoms with E-state index < -0.39 is 0 Å². The normalized spacial score (nSPS) is 16.1. The molecule has 1 heterocycles. The lowest BCUT2D eigenvalue weighted by Gasteiger charge is -2.21. The number of benzene rings is 1. The van der Waals surface area contributed by atoms with Gasteiger partial charge in [0.25, 0.3) is 0 Å². The van der Waals surface area contributed by atoms with Crippen molar-refractivity contribution in [1.29, 1.82) is 0 Å². The van der Waals surface area contributed by atoms with Crippen LogP contribution in [0.2, 0.25) is 0 Å². The summed E-state index contributed by atoms with van der Waals surface area (Å²) < 4.78 is 6.05. The SMILES string of the molecule is Cc1cccc(C)c1O[C@@H](CCO)C1=NCCN1. The molecule has 2 rings (SSSR count). The molecule has 0 saturated carbocycles. The minimum atomic E-state index is -0.183. The first kappa shape index (κ1) is 12.9. The zero-order chi connectivity index (χ0) is 13.0. The fourth-order valence-electron chi connectivity index (χ4n) is 2.13. The van der Waals surface area contributed by atoms with Gasteiger partial charge < -0.3 is 15.2 Å². The highest BCUT2D eigenvalue weighted by Gasteiger charge is 2.21. The van der Waals surface area contributed by atoms with Crippen molar-refractivity contribution < 1.29 is 9.84 Å². The molecule has 0 aliphatic carbocycles. The van der Waals surface area contributed by atoms with Crippen molar-refractivity contribution in [2.75, 3.05) is 19.7 Å². The Morgan fingerprint density at radius 1 is 1.39 bits per heavy atom. The number of aliphatic hydroxyl groups is 1. The number of amidine groups is 1. The molecule has 98 valence electrons. The average Bonchev–Trinajstić information content (AvgIpc) is 2.86. The fourth-order valence-corrected chi connectivity index (χ4v) is 2.13. The Morgan fingerprint density at radius 2 is 2.11 bits per heavy atom. The van der Waals surface area contributed by atoms with Crippen molar-refractivity contribution in [2.24, 2.45) is 4.99 Å². The summed E-state index contributed by atoms with van der Waals surface area (Å²) >= 11 is 0. The standard InChI is InChI=1S/C14H20N2O2/c1-10-4-3-5-11(2)13(10)18-12(6-9-17)14-15-7-8-16-14/h3-5,12,17H,6-9H2,1-2H3,(H,15,16)/t12-/m0/s1. The minimum absolute atomic E-state index is 0.0935. The second-order valence-electron chi connectivity index (χ2n) is 4.53. The zero-order valence-electron chi connectivity index (χ0n) is 10.9. The Morgan fingerprint density at radius 3 is 2.67 bits per heavy atom. The largest absolute Gasteiger partial charge is 0.482 e. The van der Waals surface area contributed by atoms with Gasteiger partial charge in [-0.3, -0.25) is 4.99 Å². The second kappa shape index (κ2) is 5.87. The highest BCUT2D eigenvalue weighted by molar-refractivity contribution is 5.88. The number of hydrogen-bond donors (Lipinski definition) is 2. The van der Waals surface area contributed by atoms with Crippen LogP contribution >= 0.6 is 0 Å². The van der Waals surface area contributed by atoms with E-state index in [0.29, 0.717) is 6.42 Å². The number of nitrogens with zero attached hydrogens (tertiary/aromatic N) is 1. The van der Waals surface area contributed by atoms with E-state index in [2.05, 4.69) is 10.3 Å². The van der Waals surface area contributed by atoms with Gasteiger partial charge in [0.1, 0.15) is 11.6 Å². The van der Waals surface area contributed by atoms with Gasteiger partial charge in [-0.1, -0.05) is 18.2 Å². The van der Waals surface area contributed by atoms with E-state index in [0.717, 1.165) is 35.8 Å². The molecule has 1 aromatic carbocycles. The molecule has 18 heavy (non-hydrogen) atoms. The summed E-state index contributed by atoms with van der Waals surface area (Å²) in [5, 5.41) is 12.4. The van der Waals surface area contributed by atoms with Crippen LogP contribution in [-0.2, 0) is 0 Å². The van der Waals surface area contributed by atoms with Crippen LogP contribution < -0.4 is 10.1 Å². The topological polar surface area (TPSA) is 53.9 Å². The first-order valence-electron chi connectivity index (χ1n) is 6.34. The molecule has 2 N–H and O–H groups in total. The Balaban J connectivity index is 2.18. The number of para-hydroxylation sites is 1. The number of aliphatic hydroxyl groups excluding tert-OH is 1. The summed E-state index contributed by atoms with van der Waals surface area (Å²) in [4.78, 5) is 4.38. The van der Waals surface area contributed by atoms with Crippen molar-refractivity contribution in [3.05, 3.63) is 29.3 Å². The first-order valence-corrected chi connectivity index (χ1v) is 6.34. The number of rotatable bonds is 5. The fraction of sp³-hybridized carbons (Fsp3) is 0.500. The van der Waals surface area contributed by atoms with Gasteiger partial charge >= 0.3 is 0 Å². The third-order valence-corrected chi connectivity index (χ3v) is 3.07. The minimum Gasteiger partial charge on any atom is -0.482 e. The van der Waals surface area contributed by atoms with Gasteiger partial charge in [-0.25, -0.2) is 0 Å². The van der Waals surface area contributed by atoms with Crippen LogP contribution in [0.1, 0.15) is 17.5 Å². The number of aliphatic imine (C=N–C) groups is 1. The van der Waals surface area contributed by atoms with Crippen molar-refractivity contribution in [1.82, 2.24) is 5.32 Å². The van der Waals surface area contributed by atoms with Crippen LogP contribution in [0, 0.1) is 13.8 Å². The molecule has 0 saturated heterocycles. The highest BCUT2D eigenvalue weighted by Crippen LogP contribution is 2.24. The predicted molar refractivity (Wildman–Crippen MR) is 72.3 cm³/mol. The van der Waals surface area contributed by atoms with E-state index in [1.807, 2.05) is 32.0 Å². The van der Waals surface area contributed by atoms with Crippen molar-refractivity contribution >= 4 is 5.84 Å². The van der Waals surface area contributed by atoms with Crippen LogP contribution in [0.15, 0.2) is 23.2 Å². The third kappa shape index (κ3) is 2.82. The second-order valence-corrected chi connectivity index (χ2v) is 4.53. The Kier molecular flexibility index (Phi) is 4.20. The number of ether oxygens (including phenoxy) is 1. The molecule has 0 spiro atoms. The monoisotopic (exact) mass is 248 g/mol. The molecule has 4 heteroatoms. The lowest BCUT2D eigenvalue weighted by atomic mass is 10.1. The van der Waals surface area contributed by atoms with E-state index in [1.54, 1.807) is 0 Å². The van der Waals surface area contributed by atoms with Gasteiger partial charge in [-0.05, 0) is 25.0 Å². The molecule has 0 radical (unpaired) electrons. The summed E-state index contributed by atoms with van der Waals surface area (Å²) in [6.45, 7) is 5.79. The van der Waals surface area contributed by atoms with Crippen molar-refractivity contribution in [3.63, 3.8) is 0 Å². The Bertz CT molecular complexity index is 423. The van der Waals surface area contributed by atoms with Gasteiger partial charge in [-0.15, -0.1) is 0 Å². The molecule has 1 aliphatic rings. The molecular formula is C14H20N2O2. The van der Waals surface area contributed by atoms with Crippen LogP contribution in [0.5, 0.6) is 5.75 Å². The molecule has 1 atom stereocenters. The number of hydrogen-bond acceptors (Lipinski definition) is 4. The van der Waals surface area contributed by atoms with Gasteiger partial charge in [0, 0.05) is 19.6 Å². The maximum atomic E-state index is 9.15. The maximum Gasteiger partial charge on any atom is 0.157 e. The van der Waals surface area contributed by atoms with Gasteiger partial charge in [0.15, 0.2) is 6.10 Å². The lowest BCUT2D eigenvalue weighted by Crippen LogP contribution is -2.36. The number of nitrogens with one attached hydrogen (secondary N) is 1. The number of aryl methyl sites for hydroxylation is 2. The first-order chi connectivity index (χ1) is 8.72. The summed E-state index contributed by atoms with van der Waals surface area (Å²) in [7, 11) is 0. The molecule has 0 fully saturated rings. The van der Waals surface area contributed by atoms with Crippen molar-refractivity contribution in [3.8, 4) is 5.75 Å². The molecule has 0 bridgehead atoms. The lowest BCUT2D eigenvalue weighted by molar-refractivity contribution is 0.197. The molecule has 0 amide bonds. The van der Waals surface area contributed by atoms with E-state index in [4.69, 9.17) is 9.84 Å². The molecule has 4 nitrogen and oxygen atoms in total. The van der Waals surface area contributed by atoms with E-state index in [9.17, 15) is 0 Å². The molecule has 0 aromatic heterocycles. The quantitative estimate of drug-likeness (QED) is 0.829. The smallest absolute Gasteiger partial charge is 0.157 e. The van der Waals surface area contributed by atoms with E-state index in [-0.39, 0.29) is 12.7 Å². The molecular weight excluding hydrogens is 228 g/mol. The van der Waals surface area contributed by atoms with Crippen molar-refractivity contribution in [2.45, 2.75) is 26.4 Å². The molecule has 1 aromatic rings. The third-order valence-electron chi connectivity index (χ3n) is 3.07. The van der Waals surface area contributed by atoms with Crippen LogP contribution in [0.25, 0.3) is 0 Å². The average molecular weight is 248 g/mol. The van der Waals surface area contributed by atoms with E-state index in [1.165, 1.54) is 0 Å². The van der Waals surface area contributed by atoms with Gasteiger partial charge in [-0.2, -0.15) is 0 Å². The summed E-state index contributed by atoms with van der Waals surface area (Å²) in [5.74, 6) is 1.75. The molecule has 1 aliphatic heterocycles. The van der Waals surface area contributed by atoms with Crippen LogP contribution in [-0.4, -0.2) is 36.7 Å². The molecule has 0 unspecified atom stereocenters. The summed E-state index contributed by atoms with van der Waals surface area (Å²) in [6, 6.07) is 6.08. The van der Waals surface area contributed by atoms with Gasteiger partial charge in [0.2, 0.25) is 0 Å². The van der Waals surface area contributed by atoms with Gasteiger partial charge in [0.05, 0.1) is 6.54 Å². The van der Waals surface area contributed by atoms with E-state index >= 15 is 0 Å². The predicted octanol–water partition coefficient (Wildman–Crippen LogP) is 1.43.